The van der Waals surface area contributed by atoms with Gasteiger partial charge in [0.05, 0.1) is 11.4 Å². The summed E-state index contributed by atoms with van der Waals surface area (Å²) in [6.45, 7) is 8.98. The maximum Gasteiger partial charge on any atom is 0.329 e. The van der Waals surface area contributed by atoms with E-state index in [-0.39, 0.29) is 12.3 Å². The molecule has 9 nitrogen and oxygen atoms in total. The summed E-state index contributed by atoms with van der Waals surface area (Å²) in [5.41, 5.74) is 2.71. The number of rotatable bonds is 11. The van der Waals surface area contributed by atoms with Crippen LogP contribution >= 0.6 is 0 Å². The first kappa shape index (κ1) is 32.0. The van der Waals surface area contributed by atoms with Gasteiger partial charge in [-0.2, -0.15) is 10.2 Å². The minimum Gasteiger partial charge on any atom is -0.458 e. The van der Waals surface area contributed by atoms with Crippen LogP contribution in [0.4, 0.5) is 17.1 Å². The van der Waals surface area contributed by atoms with E-state index in [4.69, 9.17) is 4.74 Å². The van der Waals surface area contributed by atoms with Crippen molar-refractivity contribution < 1.29 is 19.1 Å². The molecule has 3 aromatic rings. The van der Waals surface area contributed by atoms with Gasteiger partial charge in [-0.3, -0.25) is 9.59 Å². The molecule has 3 aromatic carbocycles. The third-order valence-electron chi connectivity index (χ3n) is 6.28. The maximum atomic E-state index is 13.5. The van der Waals surface area contributed by atoms with Crippen molar-refractivity contribution >= 4 is 34.8 Å². The van der Waals surface area contributed by atoms with Crippen LogP contribution in [0.5, 0.6) is 0 Å². The Balaban J connectivity index is 1.79. The van der Waals surface area contributed by atoms with E-state index < -0.39 is 35.5 Å². The molecule has 0 spiro atoms. The lowest BCUT2D eigenvalue weighted by atomic mass is 10.0. The van der Waals surface area contributed by atoms with E-state index in [1.165, 1.54) is 0 Å². The number of amides is 2. The molecule has 42 heavy (non-hydrogen) atoms. The Hall–Kier alpha value is -4.53. The molecule has 0 aliphatic carbocycles. The van der Waals surface area contributed by atoms with E-state index in [0.29, 0.717) is 16.9 Å². The van der Waals surface area contributed by atoms with Crippen LogP contribution < -0.4 is 15.5 Å². The summed E-state index contributed by atoms with van der Waals surface area (Å²) in [6.07, 6.45) is 0.236. The molecule has 2 N–H and O–H groups in total. The van der Waals surface area contributed by atoms with E-state index in [0.717, 1.165) is 11.3 Å². The molecule has 0 saturated heterocycles. The third-order valence-corrected chi connectivity index (χ3v) is 6.28. The van der Waals surface area contributed by atoms with Gasteiger partial charge < -0.3 is 20.3 Å². The molecule has 0 radical (unpaired) electrons. The van der Waals surface area contributed by atoms with Crippen LogP contribution in [0.3, 0.4) is 0 Å². The van der Waals surface area contributed by atoms with Crippen LogP contribution in [0.15, 0.2) is 89.1 Å². The fraction of sp³-hybridized carbons (Fsp3) is 0.364. The smallest absolute Gasteiger partial charge is 0.329 e. The van der Waals surface area contributed by atoms with Crippen molar-refractivity contribution in [2.75, 3.05) is 19.0 Å². The van der Waals surface area contributed by atoms with Gasteiger partial charge in [-0.15, -0.1) is 0 Å². The van der Waals surface area contributed by atoms with Gasteiger partial charge in [0.2, 0.25) is 5.91 Å². The highest BCUT2D eigenvalue weighted by Gasteiger charge is 2.32. The number of hydrogen-bond donors (Lipinski definition) is 2. The number of anilines is 1. The number of ether oxygens (including phenoxy) is 1. The van der Waals surface area contributed by atoms with E-state index in [1.54, 1.807) is 45.0 Å². The number of hydrogen-bond acceptors (Lipinski definition) is 7. The van der Waals surface area contributed by atoms with Crippen LogP contribution in [0, 0.1) is 5.92 Å². The molecular formula is C33H41N5O4. The molecule has 0 unspecified atom stereocenters. The Bertz CT molecular complexity index is 1380. The standard InChI is InChI=1S/C33H41N5O4/c1-22(2)29(32(41)42-33(3,4)5)35-31(40)28(20-23-12-9-8-10-13-23)34-30(39)24-14-11-15-26(21-24)37-36-25-16-18-27(19-17-25)38(6)7/h8-19,21-22,28-29H,20H2,1-7H3,(H,34,39)(H,35,40)/t28-,29+/m0/s1. The Kier molecular flexibility index (Phi) is 11.0. The zero-order chi connectivity index (χ0) is 30.9. The number of azo groups is 1. The van der Waals surface area contributed by atoms with Gasteiger partial charge in [0.1, 0.15) is 17.7 Å². The minimum absolute atomic E-state index is 0.224. The summed E-state index contributed by atoms with van der Waals surface area (Å²) < 4.78 is 5.53. The average Bonchev–Trinajstić information content (AvgIpc) is 2.94. The lowest BCUT2D eigenvalue weighted by molar-refractivity contribution is -0.160. The number of carbonyl (C=O) groups excluding carboxylic acids is 3. The molecule has 222 valence electrons. The van der Waals surface area contributed by atoms with Crippen molar-refractivity contribution in [3.63, 3.8) is 0 Å². The molecule has 9 heteroatoms. The average molecular weight is 572 g/mol. The van der Waals surface area contributed by atoms with E-state index >= 15 is 0 Å². The Morgan fingerprint density at radius 1 is 0.833 bits per heavy atom. The van der Waals surface area contributed by atoms with Crippen molar-refractivity contribution in [2.45, 2.75) is 58.7 Å². The van der Waals surface area contributed by atoms with Crippen molar-refractivity contribution in [3.8, 4) is 0 Å². The summed E-state index contributed by atoms with van der Waals surface area (Å²) in [5.74, 6) is -1.67. The first-order valence-corrected chi connectivity index (χ1v) is 14.0. The molecule has 2 atom stereocenters. The van der Waals surface area contributed by atoms with E-state index in [1.807, 2.05) is 87.4 Å². The Morgan fingerprint density at radius 2 is 1.48 bits per heavy atom. The van der Waals surface area contributed by atoms with E-state index in [2.05, 4.69) is 20.9 Å². The summed E-state index contributed by atoms with van der Waals surface area (Å²) >= 11 is 0. The molecule has 0 heterocycles. The molecule has 0 fully saturated rings. The fourth-order valence-electron chi connectivity index (χ4n) is 4.06. The molecule has 0 saturated carbocycles. The highest BCUT2D eigenvalue weighted by molar-refractivity contribution is 5.98. The van der Waals surface area contributed by atoms with Crippen LogP contribution in [0.25, 0.3) is 0 Å². The predicted molar refractivity (Wildman–Crippen MR) is 165 cm³/mol. The number of esters is 1. The fourth-order valence-corrected chi connectivity index (χ4v) is 4.06. The molecular weight excluding hydrogens is 530 g/mol. The van der Waals surface area contributed by atoms with Crippen molar-refractivity contribution in [1.82, 2.24) is 10.6 Å². The monoisotopic (exact) mass is 571 g/mol. The van der Waals surface area contributed by atoms with Gasteiger partial charge in [-0.05, 0) is 74.7 Å². The molecule has 0 aliphatic heterocycles. The van der Waals surface area contributed by atoms with Crippen LogP contribution in [0.1, 0.15) is 50.5 Å². The largest absolute Gasteiger partial charge is 0.458 e. The quantitative estimate of drug-likeness (QED) is 0.217. The van der Waals surface area contributed by atoms with Crippen LogP contribution in [0.2, 0.25) is 0 Å². The SMILES string of the molecule is CC(C)[C@@H](NC(=O)[C@H](Cc1ccccc1)NC(=O)c1cccc(N=Nc2ccc(N(C)C)cc2)c1)C(=O)OC(C)(C)C. The number of nitrogens with zero attached hydrogens (tertiary/aromatic N) is 3. The molecule has 0 aliphatic rings. The van der Waals surface area contributed by atoms with Gasteiger partial charge in [0.25, 0.3) is 5.91 Å². The predicted octanol–water partition coefficient (Wildman–Crippen LogP) is 5.99. The number of nitrogens with one attached hydrogen (secondary N) is 2. The van der Waals surface area contributed by atoms with Crippen molar-refractivity contribution in [1.29, 1.82) is 0 Å². The second kappa shape index (κ2) is 14.4. The molecule has 3 rings (SSSR count). The zero-order valence-corrected chi connectivity index (χ0v) is 25.4. The normalized spacial score (nSPS) is 13.0. The summed E-state index contributed by atoms with van der Waals surface area (Å²) in [7, 11) is 3.93. The molecule has 0 bridgehead atoms. The van der Waals surface area contributed by atoms with Crippen LogP contribution in [-0.4, -0.2) is 49.6 Å². The van der Waals surface area contributed by atoms with Gasteiger partial charge in [0.15, 0.2) is 0 Å². The second-order valence-electron chi connectivity index (χ2n) is 11.6. The summed E-state index contributed by atoms with van der Waals surface area (Å²) in [4.78, 5) is 41.7. The second-order valence-corrected chi connectivity index (χ2v) is 11.6. The van der Waals surface area contributed by atoms with Gasteiger partial charge in [-0.25, -0.2) is 4.79 Å². The lowest BCUT2D eigenvalue weighted by Gasteiger charge is -2.28. The lowest BCUT2D eigenvalue weighted by Crippen LogP contribution is -2.54. The van der Waals surface area contributed by atoms with Gasteiger partial charge in [-0.1, -0.05) is 50.2 Å². The van der Waals surface area contributed by atoms with Crippen molar-refractivity contribution in [3.05, 3.63) is 90.0 Å². The van der Waals surface area contributed by atoms with Crippen LogP contribution in [-0.2, 0) is 20.7 Å². The Labute approximate surface area is 248 Å². The van der Waals surface area contributed by atoms with Gasteiger partial charge in [0, 0.05) is 31.8 Å². The Morgan fingerprint density at radius 3 is 2.07 bits per heavy atom. The molecule has 0 aromatic heterocycles. The summed E-state index contributed by atoms with van der Waals surface area (Å²) in [5, 5.41) is 14.2. The zero-order valence-electron chi connectivity index (χ0n) is 25.4. The third kappa shape index (κ3) is 9.83. The highest BCUT2D eigenvalue weighted by Crippen LogP contribution is 2.22. The number of carbonyl (C=O) groups is 3. The minimum atomic E-state index is -0.941. The summed E-state index contributed by atoms with van der Waals surface area (Å²) in [6, 6.07) is 21.9. The maximum absolute atomic E-state index is 13.5. The molecule has 2 amide bonds. The topological polar surface area (TPSA) is 112 Å². The highest BCUT2D eigenvalue weighted by atomic mass is 16.6. The number of benzene rings is 3. The van der Waals surface area contributed by atoms with Crippen molar-refractivity contribution in [2.24, 2.45) is 16.1 Å². The first-order chi connectivity index (χ1) is 19.8. The van der Waals surface area contributed by atoms with Gasteiger partial charge >= 0.3 is 5.97 Å². The first-order valence-electron chi connectivity index (χ1n) is 14.0. The van der Waals surface area contributed by atoms with E-state index in [9.17, 15) is 14.4 Å².